The molecule has 0 bridgehead atoms. The highest BCUT2D eigenvalue weighted by Crippen LogP contribution is 2.07. The van der Waals surface area contributed by atoms with Crippen molar-refractivity contribution in [3.63, 3.8) is 0 Å². The molecule has 0 aliphatic heterocycles. The highest BCUT2D eigenvalue weighted by Gasteiger charge is 2.11. The molecular formula is C13H13FN2O3. The third-order valence-corrected chi connectivity index (χ3v) is 2.85. The van der Waals surface area contributed by atoms with Crippen LogP contribution >= 0.6 is 0 Å². The van der Waals surface area contributed by atoms with E-state index in [2.05, 4.69) is 9.68 Å². The van der Waals surface area contributed by atoms with E-state index in [1.807, 2.05) is 0 Å². The summed E-state index contributed by atoms with van der Waals surface area (Å²) in [5.74, 6) is -0.615. The van der Waals surface area contributed by atoms with Gasteiger partial charge in [-0.25, -0.2) is 9.18 Å². The van der Waals surface area contributed by atoms with Crippen molar-refractivity contribution in [3.05, 3.63) is 52.0 Å². The van der Waals surface area contributed by atoms with Crippen LogP contribution in [0.1, 0.15) is 17.8 Å². The number of nitrogens with zero attached hydrogens (tertiary/aromatic N) is 2. The van der Waals surface area contributed by atoms with E-state index in [0.29, 0.717) is 18.7 Å². The Balaban J connectivity index is 1.90. The van der Waals surface area contributed by atoms with E-state index in [-0.39, 0.29) is 18.0 Å². The van der Waals surface area contributed by atoms with Crippen LogP contribution in [0.4, 0.5) is 4.39 Å². The van der Waals surface area contributed by atoms with E-state index in [0.717, 1.165) is 5.56 Å². The van der Waals surface area contributed by atoms with Crippen molar-refractivity contribution >= 4 is 5.78 Å². The van der Waals surface area contributed by atoms with E-state index >= 15 is 0 Å². The molecule has 2 rings (SSSR count). The smallest absolute Gasteiger partial charge is 0.299 e. The number of aromatic nitrogens is 2. The predicted octanol–water partition coefficient (Wildman–Crippen LogP) is 1.26. The molecule has 19 heavy (non-hydrogen) atoms. The molecule has 0 saturated heterocycles. The lowest BCUT2D eigenvalue weighted by molar-refractivity contribution is -0.118. The monoisotopic (exact) mass is 264 g/mol. The van der Waals surface area contributed by atoms with Crippen molar-refractivity contribution in [1.82, 2.24) is 9.72 Å². The molecule has 100 valence electrons. The quantitative estimate of drug-likeness (QED) is 0.815. The molecule has 0 atom stereocenters. The Morgan fingerprint density at radius 2 is 2.05 bits per heavy atom. The van der Waals surface area contributed by atoms with E-state index in [4.69, 9.17) is 0 Å². The van der Waals surface area contributed by atoms with Gasteiger partial charge in [-0.2, -0.15) is 0 Å². The molecule has 1 heterocycles. The third kappa shape index (κ3) is 3.37. The molecule has 1 aromatic heterocycles. The average molecular weight is 264 g/mol. The van der Waals surface area contributed by atoms with E-state index < -0.39 is 5.76 Å². The normalized spacial score (nSPS) is 10.6. The number of halogens is 1. The van der Waals surface area contributed by atoms with Gasteiger partial charge < -0.3 is 0 Å². The highest BCUT2D eigenvalue weighted by molar-refractivity contribution is 5.80. The van der Waals surface area contributed by atoms with Crippen LogP contribution in [0.3, 0.4) is 0 Å². The average Bonchev–Trinajstić information content (AvgIpc) is 2.70. The van der Waals surface area contributed by atoms with Crippen LogP contribution in [0.15, 0.2) is 33.6 Å². The highest BCUT2D eigenvalue weighted by atomic mass is 19.1. The van der Waals surface area contributed by atoms with Crippen molar-refractivity contribution in [1.29, 1.82) is 0 Å². The molecular weight excluding hydrogens is 251 g/mol. The number of carbonyl (C=O) groups excluding carboxylic acids is 1. The maximum Gasteiger partial charge on any atom is 0.441 e. The van der Waals surface area contributed by atoms with Gasteiger partial charge in [0.1, 0.15) is 11.6 Å². The molecule has 0 unspecified atom stereocenters. The number of ketones is 1. The van der Waals surface area contributed by atoms with Crippen LogP contribution < -0.4 is 5.76 Å². The minimum absolute atomic E-state index is 0.0479. The summed E-state index contributed by atoms with van der Waals surface area (Å²) in [6, 6.07) is 6.02. The number of rotatable bonds is 5. The zero-order valence-corrected chi connectivity index (χ0v) is 10.4. The van der Waals surface area contributed by atoms with Crippen molar-refractivity contribution < 1.29 is 13.7 Å². The number of hydrogen-bond acceptors (Lipinski definition) is 4. The van der Waals surface area contributed by atoms with Gasteiger partial charge in [-0.15, -0.1) is 0 Å². The SMILES string of the molecule is Cn1c(CC(=O)CCc2ccc(F)cc2)noc1=O. The Morgan fingerprint density at radius 3 is 2.63 bits per heavy atom. The van der Waals surface area contributed by atoms with Gasteiger partial charge in [0.15, 0.2) is 5.82 Å². The summed E-state index contributed by atoms with van der Waals surface area (Å²) < 4.78 is 18.3. The standard InChI is InChI=1S/C13H13FN2O3/c1-16-12(15-19-13(16)18)8-11(17)7-4-9-2-5-10(14)6-3-9/h2-3,5-6H,4,7-8H2,1H3. The van der Waals surface area contributed by atoms with Gasteiger partial charge in [0.05, 0.1) is 6.42 Å². The summed E-state index contributed by atoms with van der Waals surface area (Å²) in [6.45, 7) is 0. The molecule has 0 fully saturated rings. The van der Waals surface area contributed by atoms with Crippen molar-refractivity contribution in [3.8, 4) is 0 Å². The zero-order chi connectivity index (χ0) is 13.8. The summed E-state index contributed by atoms with van der Waals surface area (Å²) in [5, 5.41) is 3.53. The van der Waals surface area contributed by atoms with Crippen LogP contribution in [-0.2, 0) is 24.7 Å². The molecule has 0 aliphatic carbocycles. The Hall–Kier alpha value is -2.24. The fourth-order valence-corrected chi connectivity index (χ4v) is 1.67. The van der Waals surface area contributed by atoms with E-state index in [9.17, 15) is 14.0 Å². The summed E-state index contributed by atoms with van der Waals surface area (Å²) in [5.41, 5.74) is 0.892. The fourth-order valence-electron chi connectivity index (χ4n) is 1.67. The van der Waals surface area contributed by atoms with Gasteiger partial charge in [0.25, 0.3) is 0 Å². The first kappa shape index (κ1) is 13.2. The number of Topliss-reactive ketones (excluding diaryl/α,β-unsaturated/α-hetero) is 1. The van der Waals surface area contributed by atoms with Crippen molar-refractivity contribution in [2.75, 3.05) is 0 Å². The molecule has 0 N–H and O–H groups in total. The van der Waals surface area contributed by atoms with Gasteiger partial charge in [0.2, 0.25) is 0 Å². The maximum atomic E-state index is 12.7. The number of carbonyl (C=O) groups is 1. The first-order valence-electron chi connectivity index (χ1n) is 5.84. The van der Waals surface area contributed by atoms with Crippen LogP contribution in [0, 0.1) is 5.82 Å². The fraction of sp³-hybridized carbons (Fsp3) is 0.308. The van der Waals surface area contributed by atoms with Crippen molar-refractivity contribution in [2.45, 2.75) is 19.3 Å². The van der Waals surface area contributed by atoms with Gasteiger partial charge in [0, 0.05) is 13.5 Å². The Morgan fingerprint density at radius 1 is 1.37 bits per heavy atom. The molecule has 0 amide bonds. The second-order valence-electron chi connectivity index (χ2n) is 4.27. The Labute approximate surface area is 108 Å². The lowest BCUT2D eigenvalue weighted by Crippen LogP contribution is -2.15. The maximum absolute atomic E-state index is 12.7. The molecule has 0 saturated carbocycles. The second-order valence-corrected chi connectivity index (χ2v) is 4.27. The number of aryl methyl sites for hydroxylation is 1. The Bertz CT molecular complexity index is 628. The third-order valence-electron chi connectivity index (χ3n) is 2.85. The van der Waals surface area contributed by atoms with Gasteiger partial charge >= 0.3 is 5.76 Å². The van der Waals surface area contributed by atoms with Gasteiger partial charge in [-0.1, -0.05) is 17.3 Å². The summed E-state index contributed by atoms with van der Waals surface area (Å²) >= 11 is 0. The summed E-state index contributed by atoms with van der Waals surface area (Å²) in [6.07, 6.45) is 0.904. The van der Waals surface area contributed by atoms with Gasteiger partial charge in [-0.05, 0) is 24.1 Å². The summed E-state index contributed by atoms with van der Waals surface area (Å²) in [7, 11) is 1.50. The van der Waals surface area contributed by atoms with Crippen LogP contribution in [0.5, 0.6) is 0 Å². The van der Waals surface area contributed by atoms with E-state index in [1.165, 1.54) is 23.7 Å². The lowest BCUT2D eigenvalue weighted by Gasteiger charge is -2.01. The number of benzene rings is 1. The van der Waals surface area contributed by atoms with Crippen molar-refractivity contribution in [2.24, 2.45) is 7.05 Å². The largest absolute Gasteiger partial charge is 0.441 e. The molecule has 6 heteroatoms. The molecule has 0 aliphatic rings. The molecule has 0 radical (unpaired) electrons. The first-order chi connectivity index (χ1) is 9.06. The minimum Gasteiger partial charge on any atom is -0.299 e. The van der Waals surface area contributed by atoms with Crippen LogP contribution in [-0.4, -0.2) is 15.5 Å². The van der Waals surface area contributed by atoms with E-state index in [1.54, 1.807) is 12.1 Å². The van der Waals surface area contributed by atoms with Gasteiger partial charge in [-0.3, -0.25) is 13.9 Å². The second kappa shape index (κ2) is 5.60. The summed E-state index contributed by atoms with van der Waals surface area (Å²) in [4.78, 5) is 22.8. The molecule has 0 spiro atoms. The molecule has 2 aromatic rings. The first-order valence-corrected chi connectivity index (χ1v) is 5.84. The van der Waals surface area contributed by atoms with Crippen LogP contribution in [0.2, 0.25) is 0 Å². The Kier molecular flexibility index (Phi) is 3.89. The zero-order valence-electron chi connectivity index (χ0n) is 10.4. The molecule has 1 aromatic carbocycles. The minimum atomic E-state index is -0.582. The molecule has 5 nitrogen and oxygen atoms in total. The predicted molar refractivity (Wildman–Crippen MR) is 65.2 cm³/mol. The number of hydrogen-bond donors (Lipinski definition) is 0. The lowest BCUT2D eigenvalue weighted by atomic mass is 10.1. The van der Waals surface area contributed by atoms with Crippen LogP contribution in [0.25, 0.3) is 0 Å². The topological polar surface area (TPSA) is 65.1 Å².